The zero-order chi connectivity index (χ0) is 11.6. The van der Waals surface area contributed by atoms with E-state index in [1.165, 1.54) is 0 Å². The maximum absolute atomic E-state index is 12.2. The zero-order valence-corrected chi connectivity index (χ0v) is 9.82. The van der Waals surface area contributed by atoms with Crippen molar-refractivity contribution in [1.29, 1.82) is 0 Å². The second-order valence-corrected chi connectivity index (χ2v) is 4.71. The number of hydrogen-bond donors (Lipinski definition) is 1. The maximum Gasteiger partial charge on any atom is 0.242 e. The van der Waals surface area contributed by atoms with Crippen LogP contribution in [0.25, 0.3) is 0 Å². The van der Waals surface area contributed by atoms with E-state index in [0.29, 0.717) is 6.54 Å². The monoisotopic (exact) mass is 222 g/mol. The van der Waals surface area contributed by atoms with E-state index in [0.717, 1.165) is 25.3 Å². The van der Waals surface area contributed by atoms with E-state index in [4.69, 9.17) is 4.42 Å². The van der Waals surface area contributed by atoms with Crippen LogP contribution in [-0.4, -0.2) is 29.4 Å². The lowest BCUT2D eigenvalue weighted by atomic mass is 10.0. The Bertz CT molecular complexity index is 357. The van der Waals surface area contributed by atoms with E-state index < -0.39 is 5.54 Å². The average Bonchev–Trinajstić information content (AvgIpc) is 2.70. The van der Waals surface area contributed by atoms with Gasteiger partial charge in [0, 0.05) is 6.54 Å². The smallest absolute Gasteiger partial charge is 0.242 e. The first-order valence-corrected chi connectivity index (χ1v) is 5.66. The Kier molecular flexibility index (Phi) is 3.01. The Morgan fingerprint density at radius 2 is 2.38 bits per heavy atom. The number of hydrogen-bond acceptors (Lipinski definition) is 3. The van der Waals surface area contributed by atoms with Gasteiger partial charge in [-0.25, -0.2) is 0 Å². The van der Waals surface area contributed by atoms with Crippen LogP contribution >= 0.6 is 0 Å². The van der Waals surface area contributed by atoms with Gasteiger partial charge in [-0.15, -0.1) is 0 Å². The van der Waals surface area contributed by atoms with Crippen molar-refractivity contribution < 1.29 is 9.21 Å². The molecule has 2 heterocycles. The van der Waals surface area contributed by atoms with E-state index in [9.17, 15) is 4.79 Å². The molecule has 0 aliphatic carbocycles. The molecular formula is C12H18N2O2. The van der Waals surface area contributed by atoms with Crippen LogP contribution in [0.2, 0.25) is 0 Å². The van der Waals surface area contributed by atoms with Gasteiger partial charge < -0.3 is 14.6 Å². The van der Waals surface area contributed by atoms with E-state index in [1.807, 2.05) is 30.9 Å². The van der Waals surface area contributed by atoms with Crippen LogP contribution < -0.4 is 5.32 Å². The third-order valence-corrected chi connectivity index (χ3v) is 2.92. The number of nitrogens with zero attached hydrogens (tertiary/aromatic N) is 1. The molecule has 1 aromatic heterocycles. The normalized spacial score (nSPS) is 20.9. The van der Waals surface area contributed by atoms with Gasteiger partial charge in [0.15, 0.2) is 0 Å². The Morgan fingerprint density at radius 3 is 3.06 bits per heavy atom. The summed E-state index contributed by atoms with van der Waals surface area (Å²) in [4.78, 5) is 14.1. The number of nitrogens with one attached hydrogen (secondary N) is 1. The van der Waals surface area contributed by atoms with Gasteiger partial charge >= 0.3 is 0 Å². The standard InChI is InChI=1S/C12H18N2O2/c1-12(2)11(15)14(7-4-6-13-12)9-10-5-3-8-16-10/h3,5,8,13H,4,6-7,9H2,1-2H3. The first-order chi connectivity index (χ1) is 7.59. The summed E-state index contributed by atoms with van der Waals surface area (Å²) in [5, 5.41) is 3.26. The highest BCUT2D eigenvalue weighted by Crippen LogP contribution is 2.15. The molecule has 0 aromatic carbocycles. The molecule has 1 amide bonds. The Labute approximate surface area is 95.6 Å². The highest BCUT2D eigenvalue weighted by atomic mass is 16.3. The minimum absolute atomic E-state index is 0.140. The van der Waals surface area contributed by atoms with Crippen LogP contribution in [0.4, 0.5) is 0 Å². The van der Waals surface area contributed by atoms with E-state index in [1.54, 1.807) is 6.26 Å². The molecule has 1 N–H and O–H groups in total. The molecule has 4 nitrogen and oxygen atoms in total. The van der Waals surface area contributed by atoms with Crippen LogP contribution in [0.5, 0.6) is 0 Å². The van der Waals surface area contributed by atoms with Crippen LogP contribution in [-0.2, 0) is 11.3 Å². The number of amides is 1. The molecule has 4 heteroatoms. The SMILES string of the molecule is CC1(C)NCCCN(Cc2ccco2)C1=O. The van der Waals surface area contributed by atoms with E-state index >= 15 is 0 Å². The van der Waals surface area contributed by atoms with Crippen molar-refractivity contribution in [3.8, 4) is 0 Å². The Balaban J connectivity index is 2.10. The third kappa shape index (κ3) is 2.27. The van der Waals surface area contributed by atoms with Crippen LogP contribution in [0.1, 0.15) is 26.0 Å². The molecule has 1 aliphatic rings. The Morgan fingerprint density at radius 1 is 1.56 bits per heavy atom. The van der Waals surface area contributed by atoms with Crippen molar-refractivity contribution in [3.05, 3.63) is 24.2 Å². The molecule has 0 unspecified atom stereocenters. The van der Waals surface area contributed by atoms with Gasteiger partial charge in [-0.3, -0.25) is 4.79 Å². The van der Waals surface area contributed by atoms with Gasteiger partial charge in [0.2, 0.25) is 5.91 Å². The molecule has 0 saturated carbocycles. The molecule has 0 spiro atoms. The summed E-state index contributed by atoms with van der Waals surface area (Å²) in [5.41, 5.74) is -0.469. The zero-order valence-electron chi connectivity index (χ0n) is 9.82. The topological polar surface area (TPSA) is 45.5 Å². The molecule has 0 bridgehead atoms. The molecular weight excluding hydrogens is 204 g/mol. The number of rotatable bonds is 2. The fourth-order valence-electron chi connectivity index (χ4n) is 1.98. The number of carbonyl (C=O) groups excluding carboxylic acids is 1. The molecule has 0 radical (unpaired) electrons. The summed E-state index contributed by atoms with van der Waals surface area (Å²) in [7, 11) is 0. The second-order valence-electron chi connectivity index (χ2n) is 4.71. The predicted octanol–water partition coefficient (Wildman–Crippen LogP) is 1.38. The Hall–Kier alpha value is -1.29. The summed E-state index contributed by atoms with van der Waals surface area (Å²) >= 11 is 0. The van der Waals surface area contributed by atoms with Crippen molar-refractivity contribution >= 4 is 5.91 Å². The molecule has 0 atom stereocenters. The van der Waals surface area contributed by atoms with Gasteiger partial charge in [-0.05, 0) is 38.9 Å². The van der Waals surface area contributed by atoms with Gasteiger partial charge in [-0.2, -0.15) is 0 Å². The van der Waals surface area contributed by atoms with Gasteiger partial charge in [0.25, 0.3) is 0 Å². The minimum atomic E-state index is -0.469. The third-order valence-electron chi connectivity index (χ3n) is 2.92. The summed E-state index contributed by atoms with van der Waals surface area (Å²) in [6.07, 6.45) is 2.62. The van der Waals surface area contributed by atoms with Crippen molar-refractivity contribution in [2.45, 2.75) is 32.4 Å². The fraction of sp³-hybridized carbons (Fsp3) is 0.583. The lowest BCUT2D eigenvalue weighted by Gasteiger charge is -2.28. The molecule has 1 aromatic rings. The minimum Gasteiger partial charge on any atom is -0.467 e. The fourth-order valence-corrected chi connectivity index (χ4v) is 1.98. The van der Waals surface area contributed by atoms with E-state index in [-0.39, 0.29) is 5.91 Å². The predicted molar refractivity (Wildman–Crippen MR) is 60.8 cm³/mol. The first kappa shape index (κ1) is 11.2. The van der Waals surface area contributed by atoms with Crippen molar-refractivity contribution in [1.82, 2.24) is 10.2 Å². The van der Waals surface area contributed by atoms with Crippen molar-refractivity contribution in [2.24, 2.45) is 0 Å². The van der Waals surface area contributed by atoms with E-state index in [2.05, 4.69) is 5.32 Å². The molecule has 1 saturated heterocycles. The number of furan rings is 1. The maximum atomic E-state index is 12.2. The van der Waals surface area contributed by atoms with Crippen LogP contribution in [0, 0.1) is 0 Å². The molecule has 1 aliphatic heterocycles. The summed E-state index contributed by atoms with van der Waals surface area (Å²) < 4.78 is 5.28. The van der Waals surface area contributed by atoms with Gasteiger partial charge in [0.1, 0.15) is 5.76 Å². The quantitative estimate of drug-likeness (QED) is 0.822. The van der Waals surface area contributed by atoms with Gasteiger partial charge in [0.05, 0.1) is 18.3 Å². The summed E-state index contributed by atoms with van der Waals surface area (Å²) in [6.45, 7) is 6.09. The second kappa shape index (κ2) is 4.29. The highest BCUT2D eigenvalue weighted by Gasteiger charge is 2.33. The molecule has 1 fully saturated rings. The van der Waals surface area contributed by atoms with Gasteiger partial charge in [-0.1, -0.05) is 0 Å². The van der Waals surface area contributed by atoms with Crippen LogP contribution in [0.3, 0.4) is 0 Å². The van der Waals surface area contributed by atoms with Crippen molar-refractivity contribution in [3.63, 3.8) is 0 Å². The lowest BCUT2D eigenvalue weighted by molar-refractivity contribution is -0.136. The number of carbonyl (C=O) groups is 1. The van der Waals surface area contributed by atoms with Crippen LogP contribution in [0.15, 0.2) is 22.8 Å². The molecule has 16 heavy (non-hydrogen) atoms. The molecule has 2 rings (SSSR count). The lowest BCUT2D eigenvalue weighted by Crippen LogP contribution is -2.51. The average molecular weight is 222 g/mol. The van der Waals surface area contributed by atoms with Crippen molar-refractivity contribution in [2.75, 3.05) is 13.1 Å². The summed E-state index contributed by atoms with van der Waals surface area (Å²) in [6, 6.07) is 3.75. The highest BCUT2D eigenvalue weighted by molar-refractivity contribution is 5.85. The summed E-state index contributed by atoms with van der Waals surface area (Å²) in [5.74, 6) is 0.979. The largest absolute Gasteiger partial charge is 0.467 e. The first-order valence-electron chi connectivity index (χ1n) is 5.66. The molecule has 88 valence electrons.